The van der Waals surface area contributed by atoms with Crippen LogP contribution in [0, 0.1) is 6.92 Å². The molecule has 2 unspecified atom stereocenters. The van der Waals surface area contributed by atoms with Crippen LogP contribution in [-0.4, -0.2) is 58.7 Å². The molecule has 1 aliphatic rings. The Morgan fingerprint density at radius 1 is 1.36 bits per heavy atom. The van der Waals surface area contributed by atoms with Gasteiger partial charge in [-0.2, -0.15) is 0 Å². The van der Waals surface area contributed by atoms with Crippen molar-refractivity contribution in [3.63, 3.8) is 0 Å². The molecule has 1 aromatic carbocycles. The topological polar surface area (TPSA) is 71.7 Å². The van der Waals surface area contributed by atoms with E-state index in [1.165, 1.54) is 5.56 Å². The predicted molar refractivity (Wildman–Crippen MR) is 91.7 cm³/mol. The molecule has 7 nitrogen and oxygen atoms in total. The Bertz CT molecular complexity index is 703. The molecule has 0 bridgehead atoms. The lowest BCUT2D eigenvalue weighted by molar-refractivity contribution is -0.144. The summed E-state index contributed by atoms with van der Waals surface area (Å²) in [4.78, 5) is 16.7. The van der Waals surface area contributed by atoms with Crippen LogP contribution in [-0.2, 0) is 16.1 Å². The lowest BCUT2D eigenvalue weighted by Gasteiger charge is -2.35. The van der Waals surface area contributed by atoms with E-state index in [-0.39, 0.29) is 18.1 Å². The number of carbonyl (C=O) groups is 1. The number of ether oxygens (including phenoxy) is 1. The molecule has 2 atom stereocenters. The lowest BCUT2D eigenvalue weighted by Crippen LogP contribution is -2.50. The minimum absolute atomic E-state index is 0.0861. The van der Waals surface area contributed by atoms with Gasteiger partial charge in [-0.05, 0) is 19.5 Å². The summed E-state index contributed by atoms with van der Waals surface area (Å²) in [6.07, 6.45) is -0.356. The van der Waals surface area contributed by atoms with Gasteiger partial charge in [0, 0.05) is 20.0 Å². The van der Waals surface area contributed by atoms with Crippen molar-refractivity contribution in [1.29, 1.82) is 0 Å². The van der Waals surface area contributed by atoms with Crippen LogP contribution >= 0.6 is 0 Å². The molecular weight excluding hydrogens is 320 g/mol. The Kier molecular flexibility index (Phi) is 5.45. The van der Waals surface area contributed by atoms with Gasteiger partial charge >= 0.3 is 0 Å². The SMILES string of the molecule is Cc1nnc(C2CN(C(=O)C(C)N(C)Cc3ccccc3)CCO2)o1. The summed E-state index contributed by atoms with van der Waals surface area (Å²) in [6.45, 7) is 5.88. The van der Waals surface area contributed by atoms with Crippen molar-refractivity contribution >= 4 is 5.91 Å². The number of amides is 1. The van der Waals surface area contributed by atoms with E-state index in [1.807, 2.05) is 37.1 Å². The van der Waals surface area contributed by atoms with E-state index in [0.29, 0.717) is 31.5 Å². The van der Waals surface area contributed by atoms with Gasteiger partial charge in [0.1, 0.15) is 0 Å². The third kappa shape index (κ3) is 4.24. The number of morpholine rings is 1. The fraction of sp³-hybridized carbons (Fsp3) is 0.500. The second kappa shape index (κ2) is 7.76. The minimum atomic E-state index is -0.356. The molecule has 25 heavy (non-hydrogen) atoms. The summed E-state index contributed by atoms with van der Waals surface area (Å²) in [5, 5.41) is 7.84. The molecule has 0 radical (unpaired) electrons. The highest BCUT2D eigenvalue weighted by Gasteiger charge is 2.32. The number of aryl methyl sites for hydroxylation is 1. The van der Waals surface area contributed by atoms with Crippen LogP contribution in [0.4, 0.5) is 0 Å². The number of nitrogens with zero attached hydrogens (tertiary/aromatic N) is 4. The number of aromatic nitrogens is 2. The molecule has 1 aliphatic heterocycles. The summed E-state index contributed by atoms with van der Waals surface area (Å²) < 4.78 is 11.1. The summed E-state index contributed by atoms with van der Waals surface area (Å²) in [7, 11) is 1.97. The monoisotopic (exact) mass is 344 g/mol. The Balaban J connectivity index is 1.61. The summed E-state index contributed by atoms with van der Waals surface area (Å²) in [5.74, 6) is 1.02. The van der Waals surface area contributed by atoms with Gasteiger partial charge in [-0.25, -0.2) is 0 Å². The predicted octanol–water partition coefficient (Wildman–Crippen LogP) is 1.80. The van der Waals surface area contributed by atoms with E-state index >= 15 is 0 Å². The summed E-state index contributed by atoms with van der Waals surface area (Å²) in [6, 6.07) is 9.92. The number of hydrogen-bond donors (Lipinski definition) is 0. The number of likely N-dealkylation sites (N-methyl/N-ethyl adjacent to an activating group) is 1. The standard InChI is InChI=1S/C18H24N4O3/c1-13(21(3)11-15-7-5-4-6-8-15)18(23)22-9-10-24-16(12-22)17-20-19-14(2)25-17/h4-8,13,16H,9-12H2,1-3H3. The van der Waals surface area contributed by atoms with Crippen molar-refractivity contribution in [3.05, 3.63) is 47.7 Å². The highest BCUT2D eigenvalue weighted by Crippen LogP contribution is 2.22. The van der Waals surface area contributed by atoms with Crippen LogP contribution < -0.4 is 0 Å². The molecule has 0 spiro atoms. The van der Waals surface area contributed by atoms with Gasteiger partial charge in [-0.15, -0.1) is 10.2 Å². The quantitative estimate of drug-likeness (QED) is 0.824. The minimum Gasteiger partial charge on any atom is -0.423 e. The van der Waals surface area contributed by atoms with Gasteiger partial charge in [0.25, 0.3) is 0 Å². The van der Waals surface area contributed by atoms with Crippen LogP contribution in [0.5, 0.6) is 0 Å². The maximum atomic E-state index is 12.9. The van der Waals surface area contributed by atoms with E-state index in [0.717, 1.165) is 6.54 Å². The van der Waals surface area contributed by atoms with Gasteiger partial charge < -0.3 is 14.1 Å². The average molecular weight is 344 g/mol. The van der Waals surface area contributed by atoms with E-state index in [2.05, 4.69) is 27.2 Å². The summed E-state index contributed by atoms with van der Waals surface area (Å²) >= 11 is 0. The zero-order valence-electron chi connectivity index (χ0n) is 14.9. The molecule has 1 aromatic heterocycles. The average Bonchev–Trinajstić information content (AvgIpc) is 3.08. The van der Waals surface area contributed by atoms with E-state index in [9.17, 15) is 4.79 Å². The number of carbonyl (C=O) groups excluding carboxylic acids is 1. The number of rotatable bonds is 5. The second-order valence-corrected chi connectivity index (χ2v) is 6.38. The van der Waals surface area contributed by atoms with E-state index in [4.69, 9.17) is 9.15 Å². The maximum Gasteiger partial charge on any atom is 0.246 e. The molecule has 134 valence electrons. The fourth-order valence-corrected chi connectivity index (χ4v) is 2.90. The Morgan fingerprint density at radius 2 is 2.12 bits per heavy atom. The van der Waals surface area contributed by atoms with Gasteiger partial charge in [0.2, 0.25) is 17.7 Å². The first kappa shape index (κ1) is 17.6. The van der Waals surface area contributed by atoms with Crippen molar-refractivity contribution in [3.8, 4) is 0 Å². The molecule has 1 amide bonds. The summed E-state index contributed by atoms with van der Waals surface area (Å²) in [5.41, 5.74) is 1.19. The highest BCUT2D eigenvalue weighted by molar-refractivity contribution is 5.81. The van der Waals surface area contributed by atoms with Crippen molar-refractivity contribution in [2.24, 2.45) is 0 Å². The van der Waals surface area contributed by atoms with Gasteiger partial charge in [0.05, 0.1) is 19.2 Å². The molecule has 3 rings (SSSR count). The molecule has 0 aliphatic carbocycles. The molecule has 7 heteroatoms. The second-order valence-electron chi connectivity index (χ2n) is 6.38. The van der Waals surface area contributed by atoms with Gasteiger partial charge in [-0.1, -0.05) is 30.3 Å². The molecule has 1 saturated heterocycles. The number of hydrogen-bond acceptors (Lipinski definition) is 6. The Hall–Kier alpha value is -2.25. The Morgan fingerprint density at radius 3 is 2.80 bits per heavy atom. The van der Waals surface area contributed by atoms with Crippen LogP contribution in [0.2, 0.25) is 0 Å². The largest absolute Gasteiger partial charge is 0.423 e. The first-order valence-corrected chi connectivity index (χ1v) is 8.49. The molecule has 0 saturated carbocycles. The Labute approximate surface area is 147 Å². The van der Waals surface area contributed by atoms with Gasteiger partial charge in [-0.3, -0.25) is 9.69 Å². The third-order valence-corrected chi connectivity index (χ3v) is 4.49. The molecule has 2 aromatic rings. The fourth-order valence-electron chi connectivity index (χ4n) is 2.90. The molecule has 1 fully saturated rings. The van der Waals surface area contributed by atoms with Crippen LogP contribution in [0.3, 0.4) is 0 Å². The zero-order valence-corrected chi connectivity index (χ0v) is 14.9. The van der Waals surface area contributed by atoms with Crippen LogP contribution in [0.1, 0.15) is 30.4 Å². The van der Waals surface area contributed by atoms with Gasteiger partial charge in [0.15, 0.2) is 6.10 Å². The van der Waals surface area contributed by atoms with E-state index in [1.54, 1.807) is 6.92 Å². The molecule has 2 heterocycles. The highest BCUT2D eigenvalue weighted by atomic mass is 16.5. The zero-order chi connectivity index (χ0) is 17.8. The van der Waals surface area contributed by atoms with Crippen molar-refractivity contribution < 1.29 is 13.9 Å². The molecular formula is C18H24N4O3. The van der Waals surface area contributed by atoms with Crippen molar-refractivity contribution in [1.82, 2.24) is 20.0 Å². The lowest BCUT2D eigenvalue weighted by atomic mass is 10.1. The first-order chi connectivity index (χ1) is 12.0. The van der Waals surface area contributed by atoms with Crippen LogP contribution in [0.25, 0.3) is 0 Å². The maximum absolute atomic E-state index is 12.9. The third-order valence-electron chi connectivity index (χ3n) is 4.49. The first-order valence-electron chi connectivity index (χ1n) is 8.49. The van der Waals surface area contributed by atoms with E-state index < -0.39 is 0 Å². The van der Waals surface area contributed by atoms with Crippen LogP contribution in [0.15, 0.2) is 34.7 Å². The molecule has 0 N–H and O–H groups in total. The normalized spacial score (nSPS) is 19.2. The van der Waals surface area contributed by atoms with Crippen molar-refractivity contribution in [2.45, 2.75) is 32.5 Å². The van der Waals surface area contributed by atoms with Crippen molar-refractivity contribution in [2.75, 3.05) is 26.7 Å². The number of benzene rings is 1. The smallest absolute Gasteiger partial charge is 0.246 e.